The van der Waals surface area contributed by atoms with Crippen LogP contribution >= 0.6 is 0 Å². The van der Waals surface area contributed by atoms with E-state index in [1.54, 1.807) is 7.11 Å². The molecule has 0 aromatic carbocycles. The molecule has 0 radical (unpaired) electrons. The zero-order chi connectivity index (χ0) is 11.8. The van der Waals surface area contributed by atoms with Crippen LogP contribution in [-0.2, 0) is 0 Å². The fourth-order valence-corrected chi connectivity index (χ4v) is 1.52. The van der Waals surface area contributed by atoms with Crippen LogP contribution in [-0.4, -0.2) is 38.3 Å². The molecule has 4 heteroatoms. The minimum atomic E-state index is 0.666. The minimum absolute atomic E-state index is 0.666. The van der Waals surface area contributed by atoms with Crippen LogP contribution in [0.3, 0.4) is 0 Å². The van der Waals surface area contributed by atoms with Crippen LogP contribution in [0, 0.1) is 0 Å². The molecule has 0 fully saturated rings. The Morgan fingerprint density at radius 2 is 2.19 bits per heavy atom. The Hall–Kier alpha value is -1.29. The normalized spacial score (nSPS) is 10.2. The van der Waals surface area contributed by atoms with Gasteiger partial charge in [0.05, 0.1) is 7.11 Å². The van der Waals surface area contributed by atoms with Gasteiger partial charge in [-0.05, 0) is 19.5 Å². The number of ether oxygens (including phenoxy) is 1. The Morgan fingerprint density at radius 3 is 2.81 bits per heavy atom. The molecule has 0 saturated heterocycles. The van der Waals surface area contributed by atoms with E-state index in [2.05, 4.69) is 29.0 Å². The monoisotopic (exact) mass is 223 g/mol. The van der Waals surface area contributed by atoms with Gasteiger partial charge in [0.25, 0.3) is 0 Å². The van der Waals surface area contributed by atoms with Crippen molar-refractivity contribution in [1.82, 2.24) is 10.3 Å². The molecular formula is C12H21N3O. The molecule has 0 amide bonds. The Labute approximate surface area is 97.6 Å². The van der Waals surface area contributed by atoms with Crippen LogP contribution in [0.25, 0.3) is 0 Å². The van der Waals surface area contributed by atoms with Gasteiger partial charge in [0.1, 0.15) is 5.82 Å². The van der Waals surface area contributed by atoms with E-state index >= 15 is 0 Å². The summed E-state index contributed by atoms with van der Waals surface area (Å²) in [5.74, 6) is 1.64. The fraction of sp³-hybridized carbons (Fsp3) is 0.583. The van der Waals surface area contributed by atoms with Gasteiger partial charge in [0, 0.05) is 25.7 Å². The van der Waals surface area contributed by atoms with Crippen LogP contribution < -0.4 is 15.0 Å². The second-order valence-electron chi connectivity index (χ2n) is 3.47. The summed E-state index contributed by atoms with van der Waals surface area (Å²) in [7, 11) is 1.64. The SMILES string of the molecule is CCNCCN(CC)c1cccc(OC)n1. The van der Waals surface area contributed by atoms with E-state index in [1.807, 2.05) is 18.2 Å². The van der Waals surface area contributed by atoms with Crippen LogP contribution in [0.15, 0.2) is 18.2 Å². The number of hydrogen-bond donors (Lipinski definition) is 1. The smallest absolute Gasteiger partial charge is 0.214 e. The van der Waals surface area contributed by atoms with Crippen molar-refractivity contribution in [2.75, 3.05) is 38.2 Å². The topological polar surface area (TPSA) is 37.4 Å². The third-order valence-electron chi connectivity index (χ3n) is 2.43. The van der Waals surface area contributed by atoms with Gasteiger partial charge in [-0.3, -0.25) is 0 Å². The lowest BCUT2D eigenvalue weighted by Crippen LogP contribution is -2.32. The van der Waals surface area contributed by atoms with E-state index in [0.29, 0.717) is 5.88 Å². The van der Waals surface area contributed by atoms with E-state index in [9.17, 15) is 0 Å². The number of likely N-dealkylation sites (N-methyl/N-ethyl adjacent to an activating group) is 2. The quantitative estimate of drug-likeness (QED) is 0.711. The van der Waals surface area contributed by atoms with Crippen LogP contribution in [0.1, 0.15) is 13.8 Å². The van der Waals surface area contributed by atoms with Crippen molar-refractivity contribution in [2.24, 2.45) is 0 Å². The molecule has 0 aliphatic carbocycles. The standard InChI is InChI=1S/C12H21N3O/c1-4-13-9-10-15(5-2)11-7-6-8-12(14-11)16-3/h6-8,13H,4-5,9-10H2,1-3H3. The second-order valence-corrected chi connectivity index (χ2v) is 3.47. The highest BCUT2D eigenvalue weighted by Crippen LogP contribution is 2.14. The minimum Gasteiger partial charge on any atom is -0.481 e. The summed E-state index contributed by atoms with van der Waals surface area (Å²) in [6.07, 6.45) is 0. The molecule has 4 nitrogen and oxygen atoms in total. The van der Waals surface area contributed by atoms with Crippen molar-refractivity contribution in [3.8, 4) is 5.88 Å². The summed E-state index contributed by atoms with van der Waals surface area (Å²) in [6.45, 7) is 8.13. The molecule has 0 spiro atoms. The maximum atomic E-state index is 5.12. The second kappa shape index (κ2) is 7.06. The van der Waals surface area contributed by atoms with E-state index in [0.717, 1.165) is 32.0 Å². The molecule has 0 saturated carbocycles. The van der Waals surface area contributed by atoms with Gasteiger partial charge >= 0.3 is 0 Å². The zero-order valence-corrected chi connectivity index (χ0v) is 10.4. The summed E-state index contributed by atoms with van der Waals surface area (Å²) in [5.41, 5.74) is 0. The third-order valence-corrected chi connectivity index (χ3v) is 2.43. The molecule has 0 bridgehead atoms. The predicted molar refractivity (Wildman–Crippen MR) is 67.2 cm³/mol. The molecular weight excluding hydrogens is 202 g/mol. The van der Waals surface area contributed by atoms with Crippen LogP contribution in [0.4, 0.5) is 5.82 Å². The molecule has 90 valence electrons. The van der Waals surface area contributed by atoms with Gasteiger partial charge in [-0.25, -0.2) is 0 Å². The summed E-state index contributed by atoms with van der Waals surface area (Å²) < 4.78 is 5.12. The maximum Gasteiger partial charge on any atom is 0.214 e. The number of rotatable bonds is 7. The van der Waals surface area contributed by atoms with Gasteiger partial charge in [-0.1, -0.05) is 13.0 Å². The Kier molecular flexibility index (Phi) is 5.64. The molecule has 0 aliphatic rings. The molecule has 1 N–H and O–H groups in total. The molecule has 1 heterocycles. The first-order valence-electron chi connectivity index (χ1n) is 5.78. The number of pyridine rings is 1. The highest BCUT2D eigenvalue weighted by molar-refractivity contribution is 5.40. The maximum absolute atomic E-state index is 5.12. The number of nitrogens with zero attached hydrogens (tertiary/aromatic N) is 2. The molecule has 1 rings (SSSR count). The van der Waals surface area contributed by atoms with E-state index in [1.165, 1.54) is 0 Å². The largest absolute Gasteiger partial charge is 0.481 e. The Balaban J connectivity index is 2.62. The molecule has 0 atom stereocenters. The van der Waals surface area contributed by atoms with E-state index in [-0.39, 0.29) is 0 Å². The Bertz CT molecular complexity index is 304. The number of aromatic nitrogens is 1. The highest BCUT2D eigenvalue weighted by atomic mass is 16.5. The fourth-order valence-electron chi connectivity index (χ4n) is 1.52. The third kappa shape index (κ3) is 3.70. The van der Waals surface area contributed by atoms with Crippen molar-refractivity contribution in [2.45, 2.75) is 13.8 Å². The average Bonchev–Trinajstić information content (AvgIpc) is 2.35. The summed E-state index contributed by atoms with van der Waals surface area (Å²) in [5, 5.41) is 3.31. The first-order chi connectivity index (χ1) is 7.81. The van der Waals surface area contributed by atoms with Gasteiger partial charge in [0.15, 0.2) is 0 Å². The van der Waals surface area contributed by atoms with Crippen molar-refractivity contribution in [3.63, 3.8) is 0 Å². The average molecular weight is 223 g/mol. The summed E-state index contributed by atoms with van der Waals surface area (Å²) >= 11 is 0. The van der Waals surface area contributed by atoms with Crippen LogP contribution in [0.2, 0.25) is 0 Å². The van der Waals surface area contributed by atoms with E-state index in [4.69, 9.17) is 4.74 Å². The van der Waals surface area contributed by atoms with Crippen LogP contribution in [0.5, 0.6) is 5.88 Å². The van der Waals surface area contributed by atoms with Gasteiger partial charge in [0.2, 0.25) is 5.88 Å². The molecule has 0 unspecified atom stereocenters. The van der Waals surface area contributed by atoms with Crippen molar-refractivity contribution >= 4 is 5.82 Å². The molecule has 0 aliphatic heterocycles. The van der Waals surface area contributed by atoms with Crippen molar-refractivity contribution in [1.29, 1.82) is 0 Å². The highest BCUT2D eigenvalue weighted by Gasteiger charge is 2.05. The molecule has 16 heavy (non-hydrogen) atoms. The number of nitrogens with one attached hydrogen (secondary N) is 1. The van der Waals surface area contributed by atoms with Crippen molar-refractivity contribution in [3.05, 3.63) is 18.2 Å². The lowest BCUT2D eigenvalue weighted by Gasteiger charge is -2.22. The number of anilines is 1. The van der Waals surface area contributed by atoms with Gasteiger partial charge < -0.3 is 15.0 Å². The van der Waals surface area contributed by atoms with E-state index < -0.39 is 0 Å². The number of methoxy groups -OCH3 is 1. The van der Waals surface area contributed by atoms with Gasteiger partial charge in [-0.15, -0.1) is 0 Å². The summed E-state index contributed by atoms with van der Waals surface area (Å²) in [6, 6.07) is 5.84. The molecule has 1 aromatic rings. The van der Waals surface area contributed by atoms with Crippen molar-refractivity contribution < 1.29 is 4.74 Å². The molecule has 1 aromatic heterocycles. The number of hydrogen-bond acceptors (Lipinski definition) is 4. The lowest BCUT2D eigenvalue weighted by atomic mass is 10.4. The Morgan fingerprint density at radius 1 is 1.38 bits per heavy atom. The zero-order valence-electron chi connectivity index (χ0n) is 10.4. The predicted octanol–water partition coefficient (Wildman–Crippen LogP) is 1.53. The first-order valence-corrected chi connectivity index (χ1v) is 5.78. The van der Waals surface area contributed by atoms with Gasteiger partial charge in [-0.2, -0.15) is 4.98 Å². The first kappa shape index (κ1) is 12.8. The lowest BCUT2D eigenvalue weighted by molar-refractivity contribution is 0.398. The summed E-state index contributed by atoms with van der Waals surface area (Å²) in [4.78, 5) is 6.64.